The third-order valence-electron chi connectivity index (χ3n) is 22.0. The van der Waals surface area contributed by atoms with Gasteiger partial charge in [0.05, 0.1) is 77.5 Å². The molecule has 0 amide bonds. The Hall–Kier alpha value is -11.9. The van der Waals surface area contributed by atoms with E-state index < -0.39 is 109 Å². The number of benzene rings is 14. The third-order valence-corrected chi connectivity index (χ3v) is 22.0. The first kappa shape index (κ1) is 46.5. The van der Waals surface area contributed by atoms with Crippen LogP contribution in [0.15, 0.2) is 309 Å². The minimum Gasteiger partial charge on any atom is -0.311 e. The number of hydrogen-bond acceptors (Lipinski definition) is 2. The molecule has 3 aliphatic rings. The van der Waals surface area contributed by atoms with E-state index in [2.05, 4.69) is 228 Å². The van der Waals surface area contributed by atoms with Crippen molar-refractivity contribution in [1.82, 2.24) is 13.7 Å². The highest BCUT2D eigenvalue weighted by Crippen LogP contribution is 2.60. The lowest BCUT2D eigenvalue weighted by atomic mass is 9.29. The highest BCUT2D eigenvalue weighted by Gasteiger charge is 2.56. The van der Waals surface area contributed by atoms with E-state index >= 15 is 0 Å². The molecule has 6 heterocycles. The molecule has 5 nitrogen and oxygen atoms in total. The van der Waals surface area contributed by atoms with Crippen LogP contribution in [-0.4, -0.2) is 20.4 Å². The average molecular weight is 1340 g/mol. The van der Waals surface area contributed by atoms with E-state index in [9.17, 15) is 16.4 Å². The van der Waals surface area contributed by atoms with E-state index in [4.69, 9.17) is 5.48 Å². The molecule has 0 unspecified atom stereocenters. The van der Waals surface area contributed by atoms with Crippen LogP contribution in [0.2, 0.25) is 0 Å². The predicted octanol–water partition coefficient (Wildman–Crippen LogP) is 23.3. The summed E-state index contributed by atoms with van der Waals surface area (Å²) in [7, 11) is 0. The quantitative estimate of drug-likeness (QED) is 0.155. The summed E-state index contributed by atoms with van der Waals surface area (Å²) in [4.78, 5) is 4.63. The van der Waals surface area contributed by atoms with Crippen molar-refractivity contribution in [3.63, 3.8) is 0 Å². The second-order valence-electron chi connectivity index (χ2n) is 30.9. The van der Waals surface area contributed by atoms with Gasteiger partial charge in [-0.1, -0.05) is 256 Å². The molecule has 0 bridgehead atoms. The zero-order valence-electron chi connectivity index (χ0n) is 74.5. The fraction of sp³-hybridized carbons (Fsp3) is 0.134. The van der Waals surface area contributed by atoms with Crippen molar-refractivity contribution in [3.05, 3.63) is 348 Å². The molecule has 0 fully saturated rings. The maximum atomic E-state index is 9.96. The molecule has 3 aromatic heterocycles. The van der Waals surface area contributed by atoms with Gasteiger partial charge in [-0.2, -0.15) is 0 Å². The Morgan fingerprint density at radius 2 is 0.718 bits per heavy atom. The van der Waals surface area contributed by atoms with Gasteiger partial charge < -0.3 is 23.5 Å². The Morgan fingerprint density at radius 3 is 1.24 bits per heavy atom. The molecule has 6 heteroatoms. The monoisotopic (exact) mass is 1340 g/mol. The van der Waals surface area contributed by atoms with Crippen molar-refractivity contribution in [2.75, 3.05) is 9.80 Å². The Balaban J connectivity index is 1.03. The molecule has 17 aromatic rings. The summed E-state index contributed by atoms with van der Waals surface area (Å²) >= 11 is 0. The summed E-state index contributed by atoms with van der Waals surface area (Å²) < 4.78 is 158. The Kier molecular flexibility index (Phi) is 9.98. The zero-order valence-corrected chi connectivity index (χ0v) is 58.5. The molecule has 494 valence electrons. The minimum atomic E-state index is -1.44. The first-order chi connectivity index (χ1) is 56.7. The molecule has 14 aromatic carbocycles. The SMILES string of the molecule is [2H]c1c([2H])c([2H])c2c(c1[2H])c1c([2H])c([2H])c([2H])c([2H])c1n2-c1ccc2c(c1)N(c1ccc(C(C)(C)C)cc1-c1ccccc1)c1cc(-n3c4ccc(C(C)(C)C)cc4c4cc(C(C)(C)C)ccc43)cc3c1B2c1ccc(-n2c4c([2H])c([2H])c([2H])c([2H])c4c4c([2H])c([2H])c([2H])c([2H])c42)cc1C31c2ccccc2N(c2ccccc2)c2ccccc21. The van der Waals surface area contributed by atoms with Crippen LogP contribution in [0.25, 0.3) is 93.6 Å². The second-order valence-corrected chi connectivity index (χ2v) is 30.9. The van der Waals surface area contributed by atoms with Crippen LogP contribution < -0.4 is 26.2 Å². The number of fused-ring (bicyclic) bond motifs is 19. The van der Waals surface area contributed by atoms with Crippen molar-refractivity contribution in [3.8, 4) is 28.2 Å². The van der Waals surface area contributed by atoms with Crippen molar-refractivity contribution >= 4 is 123 Å². The van der Waals surface area contributed by atoms with E-state index in [1.165, 1.54) is 0 Å². The normalized spacial score (nSPS) is 16.1. The van der Waals surface area contributed by atoms with E-state index in [1.807, 2.05) is 60.7 Å². The topological polar surface area (TPSA) is 21.3 Å². The average Bonchev–Trinajstić information content (AvgIpc) is 0.907. The Bertz CT molecular complexity index is 7140. The molecule has 0 N–H and O–H groups in total. The first-order valence-electron chi connectivity index (χ1n) is 43.3. The van der Waals surface area contributed by atoms with Crippen LogP contribution >= 0.6 is 0 Å². The lowest BCUT2D eigenvalue weighted by Crippen LogP contribution is -2.65. The van der Waals surface area contributed by atoms with Crippen molar-refractivity contribution < 1.29 is 21.9 Å². The van der Waals surface area contributed by atoms with Crippen molar-refractivity contribution in [2.45, 2.75) is 84.0 Å². The summed E-state index contributed by atoms with van der Waals surface area (Å²) in [5.41, 5.74) is 16.4. The standard InChI is InChI=1S/C97H78BN5/c1-94(2,3)62-44-51-86(73(54-62)61-28-12-10-13-29-61)103-91-59-67(101-84-40-24-18-34-71(84)72-35-19-25-41-85(72)101)48-50-81(91)98-80-49-47-66(100-82-38-22-16-32-69(82)70-33-17-23-39-83(70)100)57-78(80)97(76-36-20-26-42-89(76)99(65-30-14-11-15-31-65)90-43-27-21-37-77(90)97)79-58-68(60-92(103)93(79)98)102-87-52-45-63(95(4,5)6)55-74(87)75-56-64(96(7,8)9)46-53-88(75)102/h10-60H,1-9H3/i16D,17D,18D,19D,22D,23D,24D,25D,32D,33D,34D,35D,38D,39D,40D,41D. The van der Waals surface area contributed by atoms with Gasteiger partial charge in [-0.3, -0.25) is 0 Å². The van der Waals surface area contributed by atoms with Gasteiger partial charge in [-0.15, -0.1) is 0 Å². The number of rotatable bonds is 6. The molecule has 0 atom stereocenters. The lowest BCUT2D eigenvalue weighted by molar-refractivity contribution is 0.590. The number of para-hydroxylation sites is 7. The van der Waals surface area contributed by atoms with Crippen LogP contribution in [-0.2, 0) is 21.7 Å². The molecule has 0 saturated heterocycles. The minimum absolute atomic E-state index is 0.0410. The molecule has 20 rings (SSSR count). The van der Waals surface area contributed by atoms with Gasteiger partial charge in [0.1, 0.15) is 0 Å². The largest absolute Gasteiger partial charge is 0.311 e. The van der Waals surface area contributed by atoms with Gasteiger partial charge in [0.25, 0.3) is 0 Å². The molecule has 0 aliphatic carbocycles. The van der Waals surface area contributed by atoms with Gasteiger partial charge in [0.15, 0.2) is 0 Å². The number of aromatic nitrogens is 3. The van der Waals surface area contributed by atoms with Crippen LogP contribution in [0.4, 0.5) is 34.1 Å². The number of nitrogens with zero attached hydrogens (tertiary/aromatic N) is 5. The van der Waals surface area contributed by atoms with Crippen molar-refractivity contribution in [2.24, 2.45) is 0 Å². The Labute approximate surface area is 625 Å². The van der Waals surface area contributed by atoms with Crippen LogP contribution in [0, 0.1) is 0 Å². The summed E-state index contributed by atoms with van der Waals surface area (Å²) in [6.07, 6.45) is 0. The highest BCUT2D eigenvalue weighted by atomic mass is 15.2. The van der Waals surface area contributed by atoms with Gasteiger partial charge in [-0.05, 0) is 193 Å². The molecule has 3 aliphatic heterocycles. The van der Waals surface area contributed by atoms with Crippen LogP contribution in [0.1, 0.15) is 123 Å². The lowest BCUT2D eigenvalue weighted by Gasteiger charge is -2.52. The maximum Gasteiger partial charge on any atom is 0.247 e. The molecular weight excluding hydrogens is 1250 g/mol. The summed E-state index contributed by atoms with van der Waals surface area (Å²) in [6.45, 7) is 19.2. The van der Waals surface area contributed by atoms with E-state index in [0.717, 1.165) is 122 Å². The van der Waals surface area contributed by atoms with Crippen molar-refractivity contribution in [1.29, 1.82) is 0 Å². The Morgan fingerprint density at radius 1 is 0.291 bits per heavy atom. The van der Waals surface area contributed by atoms with Gasteiger partial charge in [-0.25, -0.2) is 0 Å². The van der Waals surface area contributed by atoms with Crippen LogP contribution in [0.5, 0.6) is 0 Å². The maximum absolute atomic E-state index is 9.96. The molecule has 0 radical (unpaired) electrons. The van der Waals surface area contributed by atoms with Crippen LogP contribution in [0.3, 0.4) is 0 Å². The molecule has 0 saturated carbocycles. The van der Waals surface area contributed by atoms with Gasteiger partial charge in [0, 0.05) is 72.0 Å². The van der Waals surface area contributed by atoms with E-state index in [1.54, 1.807) is 9.13 Å². The number of anilines is 6. The smallest absolute Gasteiger partial charge is 0.247 e. The van der Waals surface area contributed by atoms with E-state index in [0.29, 0.717) is 17.1 Å². The van der Waals surface area contributed by atoms with E-state index in [-0.39, 0.29) is 59.9 Å². The summed E-state index contributed by atoms with van der Waals surface area (Å²) in [5, 5.41) is 1.82. The van der Waals surface area contributed by atoms with Gasteiger partial charge in [0.2, 0.25) is 6.71 Å². The summed E-state index contributed by atoms with van der Waals surface area (Å²) in [6, 6.07) is 66.2. The molecule has 1 spiro atoms. The third kappa shape index (κ3) is 8.86. The van der Waals surface area contributed by atoms with Gasteiger partial charge >= 0.3 is 0 Å². The second kappa shape index (κ2) is 22.1. The fourth-order valence-corrected chi connectivity index (χ4v) is 17.3. The highest BCUT2D eigenvalue weighted by molar-refractivity contribution is 6.99. The molecule has 103 heavy (non-hydrogen) atoms. The first-order valence-corrected chi connectivity index (χ1v) is 35.3. The fourth-order valence-electron chi connectivity index (χ4n) is 17.3. The predicted molar refractivity (Wildman–Crippen MR) is 437 cm³/mol. The number of hydrogen-bond donors (Lipinski definition) is 0. The summed E-state index contributed by atoms with van der Waals surface area (Å²) in [5.74, 6) is 0. The zero-order chi connectivity index (χ0) is 83.5. The molecular formula is C97H78BN5.